The summed E-state index contributed by atoms with van der Waals surface area (Å²) in [6, 6.07) is 7.51. The number of aromatic nitrogens is 1. The number of pyridine rings is 1. The lowest BCUT2D eigenvalue weighted by Crippen LogP contribution is -2.41. The molecule has 0 atom stereocenters. The van der Waals surface area contributed by atoms with Crippen LogP contribution in [0.1, 0.15) is 33.6 Å². The average Bonchev–Trinajstić information content (AvgIpc) is 3.44. The summed E-state index contributed by atoms with van der Waals surface area (Å²) in [7, 11) is 0. The Hall–Kier alpha value is -3.49. The van der Waals surface area contributed by atoms with Gasteiger partial charge in [-0.1, -0.05) is 0 Å². The lowest BCUT2D eigenvalue weighted by atomic mass is 10.1. The van der Waals surface area contributed by atoms with Crippen LogP contribution in [0.3, 0.4) is 0 Å². The quantitative estimate of drug-likeness (QED) is 0.560. The topological polar surface area (TPSA) is 126 Å². The van der Waals surface area contributed by atoms with E-state index in [4.69, 9.17) is 0 Å². The minimum atomic E-state index is -0.654. The molecule has 1 aromatic heterocycles. The van der Waals surface area contributed by atoms with E-state index in [0.29, 0.717) is 5.69 Å². The zero-order valence-corrected chi connectivity index (χ0v) is 13.1. The Morgan fingerprint density at radius 3 is 2.44 bits per heavy atom. The number of rotatable bonds is 5. The normalized spacial score (nSPS) is 13.0. The molecule has 0 spiro atoms. The van der Waals surface area contributed by atoms with Crippen LogP contribution in [0.4, 0.5) is 11.4 Å². The molecule has 3 N–H and O–H groups in total. The van der Waals surface area contributed by atoms with E-state index in [9.17, 15) is 19.7 Å². The largest absolute Gasteiger partial charge is 0.377 e. The molecule has 3 rings (SSSR count). The number of carbonyl (C=O) groups excluding carboxylic acids is 2. The summed E-state index contributed by atoms with van der Waals surface area (Å²) < 4.78 is 0. The van der Waals surface area contributed by atoms with Crippen LogP contribution in [0.25, 0.3) is 0 Å². The molecule has 1 saturated carbocycles. The lowest BCUT2D eigenvalue weighted by Gasteiger charge is -2.09. The fourth-order valence-electron chi connectivity index (χ4n) is 2.15. The van der Waals surface area contributed by atoms with Gasteiger partial charge in [-0.15, -0.1) is 0 Å². The number of nitrogens with zero attached hydrogens (tertiary/aromatic N) is 2. The van der Waals surface area contributed by atoms with E-state index in [-0.39, 0.29) is 22.9 Å². The van der Waals surface area contributed by atoms with Crippen molar-refractivity contribution in [3.63, 3.8) is 0 Å². The van der Waals surface area contributed by atoms with Crippen LogP contribution in [-0.4, -0.2) is 27.8 Å². The number of amides is 2. The van der Waals surface area contributed by atoms with Gasteiger partial charge >= 0.3 is 0 Å². The molecular weight excluding hydrogens is 326 g/mol. The first-order chi connectivity index (χ1) is 12.0. The average molecular weight is 341 g/mol. The van der Waals surface area contributed by atoms with Crippen LogP contribution in [0.2, 0.25) is 0 Å². The molecule has 1 fully saturated rings. The summed E-state index contributed by atoms with van der Waals surface area (Å²) in [6.45, 7) is 0. The molecule has 0 unspecified atom stereocenters. The molecule has 128 valence electrons. The first-order valence-corrected chi connectivity index (χ1v) is 7.60. The Morgan fingerprint density at radius 1 is 1.12 bits per heavy atom. The molecule has 9 heteroatoms. The number of hydrazine groups is 1. The highest BCUT2D eigenvalue weighted by Crippen LogP contribution is 2.31. The summed E-state index contributed by atoms with van der Waals surface area (Å²) >= 11 is 0. The minimum absolute atomic E-state index is 0.0690. The first kappa shape index (κ1) is 16.4. The van der Waals surface area contributed by atoms with Crippen molar-refractivity contribution in [2.45, 2.75) is 18.9 Å². The number of hydrogen-bond donors (Lipinski definition) is 3. The Balaban J connectivity index is 1.68. The van der Waals surface area contributed by atoms with E-state index < -0.39 is 16.7 Å². The Bertz CT molecular complexity index is 821. The van der Waals surface area contributed by atoms with E-state index in [1.54, 1.807) is 6.07 Å². The van der Waals surface area contributed by atoms with Crippen molar-refractivity contribution in [1.82, 2.24) is 15.8 Å². The Morgan fingerprint density at radius 2 is 1.84 bits per heavy atom. The van der Waals surface area contributed by atoms with E-state index in [0.717, 1.165) is 12.8 Å². The van der Waals surface area contributed by atoms with Gasteiger partial charge in [0.25, 0.3) is 17.5 Å². The maximum atomic E-state index is 12.1. The maximum absolute atomic E-state index is 12.1. The second-order valence-electron chi connectivity index (χ2n) is 5.56. The second-order valence-corrected chi connectivity index (χ2v) is 5.56. The van der Waals surface area contributed by atoms with Crippen LogP contribution in [0, 0.1) is 10.1 Å². The number of anilines is 1. The van der Waals surface area contributed by atoms with Crippen molar-refractivity contribution in [2.24, 2.45) is 0 Å². The smallest absolute Gasteiger partial charge is 0.293 e. The number of nitrogens with one attached hydrogen (secondary N) is 3. The summed E-state index contributed by atoms with van der Waals surface area (Å²) in [6.07, 6.45) is 4.82. The monoisotopic (exact) mass is 341 g/mol. The van der Waals surface area contributed by atoms with Gasteiger partial charge in [0.2, 0.25) is 0 Å². The highest BCUT2D eigenvalue weighted by Gasteiger charge is 2.25. The van der Waals surface area contributed by atoms with Crippen LogP contribution in [-0.2, 0) is 0 Å². The fourth-order valence-corrected chi connectivity index (χ4v) is 2.15. The van der Waals surface area contributed by atoms with Crippen molar-refractivity contribution >= 4 is 23.2 Å². The standard InChI is InChI=1S/C16H15N5O4/c22-15(19-20-16(23)11-2-1-7-17-9-11)10-3-6-13(18-12-4-5-12)14(8-10)21(24)25/h1-3,6-9,12,18H,4-5H2,(H,19,22)(H,20,23). The van der Waals surface area contributed by atoms with Gasteiger partial charge in [0.05, 0.1) is 10.5 Å². The summed E-state index contributed by atoms with van der Waals surface area (Å²) in [4.78, 5) is 38.4. The third kappa shape index (κ3) is 4.08. The van der Waals surface area contributed by atoms with E-state index in [2.05, 4.69) is 21.2 Å². The number of nitro benzene ring substituents is 1. The predicted molar refractivity (Wildman–Crippen MR) is 88.9 cm³/mol. The molecule has 0 aliphatic heterocycles. The van der Waals surface area contributed by atoms with Crippen molar-refractivity contribution in [3.05, 3.63) is 64.0 Å². The van der Waals surface area contributed by atoms with Crippen molar-refractivity contribution in [3.8, 4) is 0 Å². The highest BCUT2D eigenvalue weighted by molar-refractivity contribution is 5.99. The number of hydrogen-bond acceptors (Lipinski definition) is 6. The summed E-state index contributed by atoms with van der Waals surface area (Å²) in [5.41, 5.74) is 5.01. The zero-order chi connectivity index (χ0) is 17.8. The van der Waals surface area contributed by atoms with Gasteiger partial charge in [0.1, 0.15) is 5.69 Å². The summed E-state index contributed by atoms with van der Waals surface area (Å²) in [5.74, 6) is -1.19. The lowest BCUT2D eigenvalue weighted by molar-refractivity contribution is -0.384. The van der Waals surface area contributed by atoms with Gasteiger partial charge in [-0.2, -0.15) is 0 Å². The van der Waals surface area contributed by atoms with E-state index in [1.165, 1.54) is 36.7 Å². The summed E-state index contributed by atoms with van der Waals surface area (Å²) in [5, 5.41) is 14.3. The van der Waals surface area contributed by atoms with Gasteiger partial charge in [-0.25, -0.2) is 0 Å². The van der Waals surface area contributed by atoms with Crippen LogP contribution in [0.5, 0.6) is 0 Å². The van der Waals surface area contributed by atoms with E-state index in [1.807, 2.05) is 0 Å². The van der Waals surface area contributed by atoms with Crippen molar-refractivity contribution in [1.29, 1.82) is 0 Å². The van der Waals surface area contributed by atoms with Gasteiger partial charge in [-0.3, -0.25) is 35.5 Å². The van der Waals surface area contributed by atoms with Gasteiger partial charge in [0.15, 0.2) is 0 Å². The van der Waals surface area contributed by atoms with Crippen molar-refractivity contribution < 1.29 is 14.5 Å². The molecule has 0 radical (unpaired) electrons. The fraction of sp³-hybridized carbons (Fsp3) is 0.188. The maximum Gasteiger partial charge on any atom is 0.293 e. The predicted octanol–water partition coefficient (Wildman–Crippen LogP) is 1.64. The van der Waals surface area contributed by atoms with Gasteiger partial charge in [-0.05, 0) is 37.1 Å². The van der Waals surface area contributed by atoms with Crippen LogP contribution < -0.4 is 16.2 Å². The Labute approximate surface area is 142 Å². The van der Waals surface area contributed by atoms with Crippen molar-refractivity contribution in [2.75, 3.05) is 5.32 Å². The minimum Gasteiger partial charge on any atom is -0.377 e. The van der Waals surface area contributed by atoms with Crippen LogP contribution in [0.15, 0.2) is 42.7 Å². The molecule has 1 heterocycles. The third-order valence-electron chi connectivity index (χ3n) is 3.61. The van der Waals surface area contributed by atoms with Gasteiger partial charge in [0, 0.05) is 30.1 Å². The number of benzene rings is 1. The highest BCUT2D eigenvalue weighted by atomic mass is 16.6. The SMILES string of the molecule is O=C(NNC(=O)c1ccc(NC2CC2)c([N+](=O)[O-])c1)c1cccnc1. The number of nitro groups is 1. The molecule has 9 nitrogen and oxygen atoms in total. The molecule has 1 aromatic carbocycles. The molecule has 0 saturated heterocycles. The molecule has 25 heavy (non-hydrogen) atoms. The van der Waals surface area contributed by atoms with Gasteiger partial charge < -0.3 is 5.32 Å². The first-order valence-electron chi connectivity index (χ1n) is 7.60. The molecule has 0 bridgehead atoms. The number of carbonyl (C=O) groups is 2. The molecule has 2 aromatic rings. The molecular formula is C16H15N5O4. The molecule has 2 amide bonds. The molecule has 1 aliphatic carbocycles. The molecule has 1 aliphatic rings. The van der Waals surface area contributed by atoms with Crippen LogP contribution >= 0.6 is 0 Å². The zero-order valence-electron chi connectivity index (χ0n) is 13.1. The Kier molecular flexibility index (Phi) is 4.55. The van der Waals surface area contributed by atoms with E-state index >= 15 is 0 Å². The second kappa shape index (κ2) is 6.95. The third-order valence-corrected chi connectivity index (χ3v) is 3.61.